The zero-order valence-corrected chi connectivity index (χ0v) is 13.5. The standard InChI is InChI=1S/C17H19FN2O4/c1-22-8-9-24-17(21)14(12-19)10-13-2-3-16(15(18)11-13)20-4-6-23-7-5-20/h2-3,10-11H,4-9H2,1H3/b14-10+. The van der Waals surface area contributed by atoms with Gasteiger partial charge in [0.25, 0.3) is 0 Å². The lowest BCUT2D eigenvalue weighted by molar-refractivity contribution is -0.139. The Morgan fingerprint density at radius 3 is 2.79 bits per heavy atom. The predicted molar refractivity (Wildman–Crippen MR) is 85.9 cm³/mol. The maximum Gasteiger partial charge on any atom is 0.348 e. The van der Waals surface area contributed by atoms with Crippen molar-refractivity contribution in [3.8, 4) is 6.07 Å². The summed E-state index contributed by atoms with van der Waals surface area (Å²) in [5, 5.41) is 9.08. The molecule has 7 heteroatoms. The number of hydrogen-bond acceptors (Lipinski definition) is 6. The fourth-order valence-corrected chi connectivity index (χ4v) is 2.27. The number of nitriles is 1. The molecule has 1 saturated heterocycles. The highest BCUT2D eigenvalue weighted by atomic mass is 19.1. The molecule has 2 rings (SSSR count). The maximum atomic E-state index is 14.3. The Morgan fingerprint density at radius 2 is 2.17 bits per heavy atom. The molecule has 0 aromatic heterocycles. The minimum Gasteiger partial charge on any atom is -0.459 e. The first-order valence-electron chi connectivity index (χ1n) is 7.56. The van der Waals surface area contributed by atoms with E-state index in [0.717, 1.165) is 0 Å². The van der Waals surface area contributed by atoms with E-state index in [1.165, 1.54) is 19.3 Å². The van der Waals surface area contributed by atoms with Crippen LogP contribution in [-0.2, 0) is 19.0 Å². The van der Waals surface area contributed by atoms with Gasteiger partial charge in [-0.25, -0.2) is 9.18 Å². The Kier molecular flexibility index (Phi) is 6.73. The molecule has 0 atom stereocenters. The summed E-state index contributed by atoms with van der Waals surface area (Å²) in [4.78, 5) is 13.7. The highest BCUT2D eigenvalue weighted by Gasteiger charge is 2.16. The van der Waals surface area contributed by atoms with Gasteiger partial charge in [0, 0.05) is 20.2 Å². The van der Waals surface area contributed by atoms with E-state index in [4.69, 9.17) is 19.5 Å². The largest absolute Gasteiger partial charge is 0.459 e. The van der Waals surface area contributed by atoms with Crippen LogP contribution in [0.3, 0.4) is 0 Å². The Labute approximate surface area is 140 Å². The number of carbonyl (C=O) groups is 1. The van der Waals surface area contributed by atoms with Gasteiger partial charge in [0.15, 0.2) is 0 Å². The van der Waals surface area contributed by atoms with Crippen molar-refractivity contribution in [3.05, 3.63) is 35.2 Å². The van der Waals surface area contributed by atoms with E-state index < -0.39 is 11.8 Å². The number of rotatable bonds is 6. The molecule has 0 spiro atoms. The van der Waals surface area contributed by atoms with Crippen molar-refractivity contribution >= 4 is 17.7 Å². The second-order valence-electron chi connectivity index (χ2n) is 5.11. The predicted octanol–water partition coefficient (Wildman–Crippen LogP) is 1.76. The van der Waals surface area contributed by atoms with E-state index in [1.807, 2.05) is 4.90 Å². The van der Waals surface area contributed by atoms with Crippen molar-refractivity contribution in [1.29, 1.82) is 5.26 Å². The molecular weight excluding hydrogens is 315 g/mol. The first-order chi connectivity index (χ1) is 11.7. The molecule has 1 heterocycles. The molecule has 0 amide bonds. The lowest BCUT2D eigenvalue weighted by Gasteiger charge is -2.29. The van der Waals surface area contributed by atoms with Crippen molar-refractivity contribution in [2.24, 2.45) is 0 Å². The molecule has 1 fully saturated rings. The van der Waals surface area contributed by atoms with E-state index >= 15 is 0 Å². The summed E-state index contributed by atoms with van der Waals surface area (Å²) in [7, 11) is 1.48. The Bertz CT molecular complexity index is 648. The number of esters is 1. The van der Waals surface area contributed by atoms with E-state index in [9.17, 15) is 9.18 Å². The molecule has 0 unspecified atom stereocenters. The van der Waals surface area contributed by atoms with Crippen LogP contribution in [0.4, 0.5) is 10.1 Å². The van der Waals surface area contributed by atoms with Crippen LogP contribution in [-0.4, -0.2) is 52.6 Å². The quantitative estimate of drug-likeness (QED) is 0.342. The molecule has 1 aliphatic heterocycles. The van der Waals surface area contributed by atoms with Crippen LogP contribution < -0.4 is 4.90 Å². The normalized spacial score (nSPS) is 15.0. The lowest BCUT2D eigenvalue weighted by Crippen LogP contribution is -2.36. The van der Waals surface area contributed by atoms with E-state index in [0.29, 0.717) is 37.6 Å². The zero-order chi connectivity index (χ0) is 17.4. The molecule has 0 saturated carbocycles. The highest BCUT2D eigenvalue weighted by Crippen LogP contribution is 2.22. The lowest BCUT2D eigenvalue weighted by atomic mass is 10.1. The van der Waals surface area contributed by atoms with Crippen LogP contribution in [0.15, 0.2) is 23.8 Å². The summed E-state index contributed by atoms with van der Waals surface area (Å²) in [5.74, 6) is -1.16. The van der Waals surface area contributed by atoms with Gasteiger partial charge < -0.3 is 19.1 Å². The monoisotopic (exact) mass is 334 g/mol. The number of morpholine rings is 1. The molecule has 6 nitrogen and oxygen atoms in total. The molecule has 0 aliphatic carbocycles. The van der Waals surface area contributed by atoms with Crippen LogP contribution in [0.25, 0.3) is 6.08 Å². The van der Waals surface area contributed by atoms with Gasteiger partial charge in [0.2, 0.25) is 0 Å². The number of anilines is 1. The van der Waals surface area contributed by atoms with Crippen molar-refractivity contribution in [1.82, 2.24) is 0 Å². The van der Waals surface area contributed by atoms with Crippen LogP contribution in [0.1, 0.15) is 5.56 Å². The fraction of sp³-hybridized carbons (Fsp3) is 0.412. The second kappa shape index (κ2) is 9.01. The molecule has 1 aliphatic rings. The van der Waals surface area contributed by atoms with Crippen molar-refractivity contribution in [3.63, 3.8) is 0 Å². The van der Waals surface area contributed by atoms with E-state index in [2.05, 4.69) is 0 Å². The third-order valence-corrected chi connectivity index (χ3v) is 3.50. The maximum absolute atomic E-state index is 14.3. The minimum absolute atomic E-state index is 0.0542. The zero-order valence-electron chi connectivity index (χ0n) is 13.5. The molecule has 0 radical (unpaired) electrons. The topological polar surface area (TPSA) is 71.8 Å². The molecule has 128 valence electrons. The highest BCUT2D eigenvalue weighted by molar-refractivity contribution is 5.97. The number of benzene rings is 1. The molecule has 24 heavy (non-hydrogen) atoms. The van der Waals surface area contributed by atoms with Gasteiger partial charge in [-0.1, -0.05) is 6.07 Å². The third kappa shape index (κ3) is 4.78. The Balaban J connectivity index is 2.11. The minimum atomic E-state index is -0.757. The first kappa shape index (κ1) is 17.9. The summed E-state index contributed by atoms with van der Waals surface area (Å²) >= 11 is 0. The number of methoxy groups -OCH3 is 1. The van der Waals surface area contributed by atoms with Crippen LogP contribution >= 0.6 is 0 Å². The second-order valence-corrected chi connectivity index (χ2v) is 5.11. The smallest absolute Gasteiger partial charge is 0.348 e. The SMILES string of the molecule is COCCOC(=O)/C(C#N)=C/c1ccc(N2CCOCC2)c(F)c1. The van der Waals surface area contributed by atoms with Gasteiger partial charge in [0.1, 0.15) is 24.1 Å². The van der Waals surface area contributed by atoms with Crippen molar-refractivity contribution in [2.45, 2.75) is 0 Å². The number of ether oxygens (including phenoxy) is 3. The van der Waals surface area contributed by atoms with Gasteiger partial charge >= 0.3 is 5.97 Å². The third-order valence-electron chi connectivity index (χ3n) is 3.50. The number of nitrogens with zero attached hydrogens (tertiary/aromatic N) is 2. The van der Waals surface area contributed by atoms with E-state index in [1.54, 1.807) is 18.2 Å². The van der Waals surface area contributed by atoms with Crippen LogP contribution in [0, 0.1) is 17.1 Å². The summed E-state index contributed by atoms with van der Waals surface area (Å²) in [5.41, 5.74) is 0.714. The number of hydrogen-bond donors (Lipinski definition) is 0. The summed E-state index contributed by atoms with van der Waals surface area (Å²) < 4.78 is 29.2. The Hall–Kier alpha value is -2.43. The average Bonchev–Trinajstić information content (AvgIpc) is 2.60. The molecule has 0 bridgehead atoms. The number of halogens is 1. The summed E-state index contributed by atoms with van der Waals surface area (Å²) in [6, 6.07) is 6.36. The molecule has 1 aromatic rings. The van der Waals surface area contributed by atoms with Gasteiger partial charge in [-0.05, 0) is 23.8 Å². The molecule has 0 N–H and O–H groups in total. The Morgan fingerprint density at radius 1 is 1.42 bits per heavy atom. The van der Waals surface area contributed by atoms with Crippen molar-refractivity contribution < 1.29 is 23.4 Å². The molecule has 1 aromatic carbocycles. The summed E-state index contributed by atoms with van der Waals surface area (Å²) in [6.45, 7) is 2.68. The fourth-order valence-electron chi connectivity index (χ4n) is 2.27. The van der Waals surface area contributed by atoms with Gasteiger partial charge in [-0.15, -0.1) is 0 Å². The van der Waals surface area contributed by atoms with E-state index in [-0.39, 0.29) is 18.8 Å². The first-order valence-corrected chi connectivity index (χ1v) is 7.56. The summed E-state index contributed by atoms with van der Waals surface area (Å²) in [6.07, 6.45) is 1.31. The van der Waals surface area contributed by atoms with Crippen LogP contribution in [0.5, 0.6) is 0 Å². The van der Waals surface area contributed by atoms with Gasteiger partial charge in [-0.2, -0.15) is 5.26 Å². The average molecular weight is 334 g/mol. The van der Waals surface area contributed by atoms with Crippen molar-refractivity contribution in [2.75, 3.05) is 51.5 Å². The van der Waals surface area contributed by atoms with Gasteiger partial charge in [-0.3, -0.25) is 0 Å². The molecular formula is C17H19FN2O4. The van der Waals surface area contributed by atoms with Gasteiger partial charge in [0.05, 0.1) is 25.5 Å². The number of carbonyl (C=O) groups excluding carboxylic acids is 1. The van der Waals surface area contributed by atoms with Crippen LogP contribution in [0.2, 0.25) is 0 Å².